The van der Waals surface area contributed by atoms with Gasteiger partial charge < -0.3 is 10.1 Å². The molecular weight excluding hydrogens is 356 g/mol. The fraction of sp³-hybridized carbons (Fsp3) is 0.0455. The quantitative estimate of drug-likeness (QED) is 0.708. The Morgan fingerprint density at radius 3 is 1.93 bits per heavy atom. The van der Waals surface area contributed by atoms with E-state index in [4.69, 9.17) is 4.74 Å². The summed E-state index contributed by atoms with van der Waals surface area (Å²) in [7, 11) is 1.57. The molecule has 1 aliphatic rings. The molecule has 1 aliphatic heterocycles. The van der Waals surface area contributed by atoms with E-state index in [-0.39, 0.29) is 17.7 Å². The van der Waals surface area contributed by atoms with E-state index in [0.29, 0.717) is 33.8 Å². The van der Waals surface area contributed by atoms with Crippen LogP contribution in [0.1, 0.15) is 31.1 Å². The summed E-state index contributed by atoms with van der Waals surface area (Å²) >= 11 is 0. The standard InChI is InChI=1S/C22H16N2O4/c1-28-17-12-8-15(9-13-17)23-20(25)14-6-10-16(11-7-14)24-21(26)18-4-2-3-5-19(18)22(24)27/h2-13H,1H3,(H,23,25). The SMILES string of the molecule is COc1ccc(NC(=O)c2ccc(N3C(=O)c4ccccc4C3=O)cc2)cc1. The summed E-state index contributed by atoms with van der Waals surface area (Å²) in [6.45, 7) is 0. The number of amides is 3. The van der Waals surface area contributed by atoms with Crippen molar-refractivity contribution in [2.75, 3.05) is 17.3 Å². The molecule has 0 bridgehead atoms. The van der Waals surface area contributed by atoms with Gasteiger partial charge in [-0.1, -0.05) is 12.1 Å². The van der Waals surface area contributed by atoms with Crippen LogP contribution in [-0.4, -0.2) is 24.8 Å². The molecule has 0 spiro atoms. The van der Waals surface area contributed by atoms with E-state index in [1.165, 1.54) is 0 Å². The van der Waals surface area contributed by atoms with Gasteiger partial charge in [0.2, 0.25) is 0 Å². The zero-order valence-electron chi connectivity index (χ0n) is 15.0. The molecule has 0 atom stereocenters. The lowest BCUT2D eigenvalue weighted by atomic mass is 10.1. The highest BCUT2D eigenvalue weighted by Gasteiger charge is 2.36. The number of nitrogens with one attached hydrogen (secondary N) is 1. The minimum Gasteiger partial charge on any atom is -0.497 e. The number of fused-ring (bicyclic) bond motifs is 1. The molecule has 3 aromatic rings. The Morgan fingerprint density at radius 2 is 1.39 bits per heavy atom. The average molecular weight is 372 g/mol. The molecular formula is C22H16N2O4. The molecule has 28 heavy (non-hydrogen) atoms. The zero-order valence-corrected chi connectivity index (χ0v) is 15.0. The summed E-state index contributed by atoms with van der Waals surface area (Å²) < 4.78 is 5.09. The molecule has 3 aromatic carbocycles. The maximum atomic E-state index is 12.5. The van der Waals surface area contributed by atoms with Gasteiger partial charge in [0.25, 0.3) is 17.7 Å². The molecule has 0 aromatic heterocycles. The summed E-state index contributed by atoms with van der Waals surface area (Å²) in [5.74, 6) is -0.325. The first-order valence-electron chi connectivity index (χ1n) is 8.62. The summed E-state index contributed by atoms with van der Waals surface area (Å²) in [6, 6.07) is 20.0. The molecule has 6 nitrogen and oxygen atoms in total. The van der Waals surface area contributed by atoms with Crippen LogP contribution >= 0.6 is 0 Å². The van der Waals surface area contributed by atoms with E-state index in [0.717, 1.165) is 4.90 Å². The molecule has 1 heterocycles. The Balaban J connectivity index is 1.52. The lowest BCUT2D eigenvalue weighted by molar-refractivity contribution is 0.0925. The van der Waals surface area contributed by atoms with Gasteiger partial charge in [-0.3, -0.25) is 14.4 Å². The Labute approximate surface area is 161 Å². The zero-order chi connectivity index (χ0) is 19.7. The molecule has 0 unspecified atom stereocenters. The second-order valence-electron chi connectivity index (χ2n) is 6.22. The van der Waals surface area contributed by atoms with Crippen LogP contribution in [0.2, 0.25) is 0 Å². The summed E-state index contributed by atoms with van der Waals surface area (Å²) in [4.78, 5) is 38.6. The van der Waals surface area contributed by atoms with E-state index in [1.54, 1.807) is 79.9 Å². The normalized spacial score (nSPS) is 12.7. The molecule has 0 aliphatic carbocycles. The molecule has 0 saturated carbocycles. The van der Waals surface area contributed by atoms with Crippen LogP contribution in [0.25, 0.3) is 0 Å². The third-order valence-electron chi connectivity index (χ3n) is 4.53. The Hall–Kier alpha value is -3.93. The van der Waals surface area contributed by atoms with Crippen LogP contribution in [0, 0.1) is 0 Å². The van der Waals surface area contributed by atoms with Gasteiger partial charge in [-0.2, -0.15) is 0 Å². The summed E-state index contributed by atoms with van der Waals surface area (Å²) in [5, 5.41) is 2.79. The average Bonchev–Trinajstić information content (AvgIpc) is 2.99. The van der Waals surface area contributed by atoms with Crippen molar-refractivity contribution in [3.8, 4) is 5.75 Å². The minimum absolute atomic E-state index is 0.293. The largest absolute Gasteiger partial charge is 0.497 e. The van der Waals surface area contributed by atoms with Gasteiger partial charge in [0.05, 0.1) is 23.9 Å². The minimum atomic E-state index is -0.365. The number of nitrogens with zero attached hydrogens (tertiary/aromatic N) is 1. The smallest absolute Gasteiger partial charge is 0.266 e. The first-order chi connectivity index (χ1) is 13.6. The fourth-order valence-electron chi connectivity index (χ4n) is 3.06. The third-order valence-corrected chi connectivity index (χ3v) is 4.53. The first-order valence-corrected chi connectivity index (χ1v) is 8.62. The van der Waals surface area contributed by atoms with Crippen LogP contribution < -0.4 is 15.0 Å². The molecule has 3 amide bonds. The van der Waals surface area contributed by atoms with Crippen molar-refractivity contribution in [3.63, 3.8) is 0 Å². The van der Waals surface area contributed by atoms with Crippen molar-refractivity contribution in [1.29, 1.82) is 0 Å². The number of imide groups is 1. The maximum absolute atomic E-state index is 12.5. The second-order valence-corrected chi connectivity index (χ2v) is 6.22. The number of ether oxygens (including phenoxy) is 1. The monoisotopic (exact) mass is 372 g/mol. The Bertz CT molecular complexity index is 1040. The number of methoxy groups -OCH3 is 1. The van der Waals surface area contributed by atoms with Gasteiger partial charge in [-0.05, 0) is 60.7 Å². The van der Waals surface area contributed by atoms with E-state index >= 15 is 0 Å². The summed E-state index contributed by atoms with van der Waals surface area (Å²) in [6.07, 6.45) is 0. The maximum Gasteiger partial charge on any atom is 0.266 e. The van der Waals surface area contributed by atoms with Crippen LogP contribution in [0.3, 0.4) is 0 Å². The van der Waals surface area contributed by atoms with Crippen molar-refractivity contribution in [2.45, 2.75) is 0 Å². The predicted molar refractivity (Wildman–Crippen MR) is 105 cm³/mol. The van der Waals surface area contributed by atoms with Crippen molar-refractivity contribution in [2.24, 2.45) is 0 Å². The van der Waals surface area contributed by atoms with Crippen molar-refractivity contribution < 1.29 is 19.1 Å². The van der Waals surface area contributed by atoms with E-state index in [9.17, 15) is 14.4 Å². The first kappa shape index (κ1) is 17.5. The van der Waals surface area contributed by atoms with E-state index < -0.39 is 0 Å². The van der Waals surface area contributed by atoms with Crippen molar-refractivity contribution in [1.82, 2.24) is 0 Å². The number of hydrogen-bond donors (Lipinski definition) is 1. The fourth-order valence-corrected chi connectivity index (χ4v) is 3.06. The van der Waals surface area contributed by atoms with Gasteiger partial charge in [-0.25, -0.2) is 4.90 Å². The second kappa shape index (κ2) is 7.00. The van der Waals surface area contributed by atoms with Gasteiger partial charge >= 0.3 is 0 Å². The lowest BCUT2D eigenvalue weighted by Gasteiger charge is -2.14. The highest BCUT2D eigenvalue weighted by molar-refractivity contribution is 6.34. The van der Waals surface area contributed by atoms with E-state index in [2.05, 4.69) is 5.32 Å². The number of anilines is 2. The lowest BCUT2D eigenvalue weighted by Crippen LogP contribution is -2.29. The van der Waals surface area contributed by atoms with Gasteiger partial charge in [0.15, 0.2) is 0 Å². The Morgan fingerprint density at radius 1 is 0.821 bits per heavy atom. The topological polar surface area (TPSA) is 75.7 Å². The van der Waals surface area contributed by atoms with Crippen LogP contribution in [0.15, 0.2) is 72.8 Å². The molecule has 1 N–H and O–H groups in total. The number of carbonyl (C=O) groups is 3. The van der Waals surface area contributed by atoms with Crippen LogP contribution in [-0.2, 0) is 0 Å². The molecule has 4 rings (SSSR count). The van der Waals surface area contributed by atoms with Gasteiger partial charge in [0.1, 0.15) is 5.75 Å². The molecule has 138 valence electrons. The Kier molecular flexibility index (Phi) is 4.37. The molecule has 0 fully saturated rings. The molecule has 0 radical (unpaired) electrons. The van der Waals surface area contributed by atoms with E-state index in [1.807, 2.05) is 0 Å². The highest BCUT2D eigenvalue weighted by atomic mass is 16.5. The van der Waals surface area contributed by atoms with Gasteiger partial charge in [-0.15, -0.1) is 0 Å². The third kappa shape index (κ3) is 3.01. The number of hydrogen-bond acceptors (Lipinski definition) is 4. The molecule has 0 saturated heterocycles. The highest BCUT2D eigenvalue weighted by Crippen LogP contribution is 2.28. The van der Waals surface area contributed by atoms with Crippen molar-refractivity contribution >= 4 is 29.1 Å². The van der Waals surface area contributed by atoms with Crippen LogP contribution in [0.5, 0.6) is 5.75 Å². The summed E-state index contributed by atoms with van der Waals surface area (Å²) in [5.41, 5.74) is 2.24. The van der Waals surface area contributed by atoms with Crippen molar-refractivity contribution in [3.05, 3.63) is 89.5 Å². The number of rotatable bonds is 4. The number of carbonyl (C=O) groups excluding carboxylic acids is 3. The number of benzene rings is 3. The van der Waals surface area contributed by atoms with Crippen LogP contribution in [0.4, 0.5) is 11.4 Å². The van der Waals surface area contributed by atoms with Gasteiger partial charge in [0, 0.05) is 11.3 Å². The molecule has 6 heteroatoms. The predicted octanol–water partition coefficient (Wildman–Crippen LogP) is 3.75.